The van der Waals surface area contributed by atoms with Gasteiger partial charge in [0, 0.05) is 37.0 Å². The monoisotopic (exact) mass is 572 g/mol. The van der Waals surface area contributed by atoms with Crippen LogP contribution in [0.2, 0.25) is 0 Å². The highest BCUT2D eigenvalue weighted by molar-refractivity contribution is 6.02. The third-order valence-corrected chi connectivity index (χ3v) is 7.12. The number of nitrogens with one attached hydrogen (secondary N) is 2. The van der Waals surface area contributed by atoms with E-state index in [0.29, 0.717) is 18.8 Å². The number of carbonyl (C=O) groups is 3. The Labute approximate surface area is 231 Å². The van der Waals surface area contributed by atoms with Gasteiger partial charge in [-0.25, -0.2) is 19.2 Å². The molecule has 0 aliphatic carbocycles. The summed E-state index contributed by atoms with van der Waals surface area (Å²) >= 11 is 0. The van der Waals surface area contributed by atoms with Crippen molar-refractivity contribution in [3.05, 3.63) is 62.4 Å². The average molecular weight is 573 g/mol. The van der Waals surface area contributed by atoms with Gasteiger partial charge in [-0.3, -0.25) is 19.2 Å². The fourth-order valence-electron chi connectivity index (χ4n) is 4.68. The van der Waals surface area contributed by atoms with E-state index in [1.807, 2.05) is 10.9 Å². The average Bonchev–Trinajstić information content (AvgIpc) is 3.19. The number of aliphatic hydroxyl groups is 2. The van der Waals surface area contributed by atoms with Crippen LogP contribution in [-0.2, 0) is 25.5 Å². The predicted molar refractivity (Wildman–Crippen MR) is 139 cm³/mol. The molecule has 15 heteroatoms. The molecule has 3 heterocycles. The van der Waals surface area contributed by atoms with Crippen LogP contribution in [0.4, 0.5) is 10.5 Å². The summed E-state index contributed by atoms with van der Waals surface area (Å²) in [4.78, 5) is 64.3. The highest BCUT2D eigenvalue weighted by Crippen LogP contribution is 2.37. The van der Waals surface area contributed by atoms with E-state index in [1.54, 1.807) is 0 Å². The molecule has 218 valence electrons. The highest BCUT2D eigenvalue weighted by atomic mass is 16.6. The zero-order chi connectivity index (χ0) is 30.1. The maximum atomic E-state index is 12.3. The lowest BCUT2D eigenvalue weighted by atomic mass is 9.91. The Morgan fingerprint density at radius 3 is 2.46 bits per heavy atom. The molecule has 0 radical (unpaired) electrons. The van der Waals surface area contributed by atoms with Crippen LogP contribution < -0.4 is 21.5 Å². The molecule has 0 saturated carbocycles. The van der Waals surface area contributed by atoms with Crippen molar-refractivity contribution in [3.8, 4) is 12.3 Å². The molecule has 4 atom stereocenters. The number of H-pyrrole nitrogens is 1. The van der Waals surface area contributed by atoms with Crippen LogP contribution in [0.3, 0.4) is 0 Å². The minimum atomic E-state index is -2.88. The number of carboxylic acids is 2. The molecule has 2 aromatic rings. The molecule has 6 N–H and O–H groups in total. The number of benzene rings is 1. The van der Waals surface area contributed by atoms with Gasteiger partial charge in [0.15, 0.2) is 11.8 Å². The second-order valence-corrected chi connectivity index (χ2v) is 9.74. The minimum absolute atomic E-state index is 0.0760. The largest absolute Gasteiger partial charge is 0.479 e. The number of terminal acetylenes is 1. The van der Waals surface area contributed by atoms with Gasteiger partial charge in [-0.05, 0) is 31.0 Å². The van der Waals surface area contributed by atoms with E-state index in [2.05, 4.69) is 5.32 Å². The summed E-state index contributed by atoms with van der Waals surface area (Å²) in [7, 11) is 0. The zero-order valence-corrected chi connectivity index (χ0v) is 21.8. The van der Waals surface area contributed by atoms with Gasteiger partial charge in [-0.15, -0.1) is 6.42 Å². The smallest absolute Gasteiger partial charge is 0.348 e. The quantitative estimate of drug-likeness (QED) is 0.151. The van der Waals surface area contributed by atoms with Gasteiger partial charge in [0.2, 0.25) is 0 Å². The van der Waals surface area contributed by atoms with Gasteiger partial charge in [-0.2, -0.15) is 0 Å². The van der Waals surface area contributed by atoms with Crippen LogP contribution >= 0.6 is 0 Å². The van der Waals surface area contributed by atoms with Crippen LogP contribution in [0.25, 0.3) is 0 Å². The molecule has 4 rings (SSSR count). The third-order valence-electron chi connectivity index (χ3n) is 7.12. The van der Waals surface area contributed by atoms with Crippen LogP contribution in [-0.4, -0.2) is 91.1 Å². The van der Waals surface area contributed by atoms with Gasteiger partial charge >= 0.3 is 23.7 Å². The van der Waals surface area contributed by atoms with Crippen molar-refractivity contribution in [1.82, 2.24) is 14.9 Å². The summed E-state index contributed by atoms with van der Waals surface area (Å²) in [6.07, 6.45) is 1.30. The molecule has 2 aliphatic rings. The maximum Gasteiger partial charge on any atom is 0.348 e. The molecule has 2 saturated heterocycles. The lowest BCUT2D eigenvalue weighted by Crippen LogP contribution is -2.55. The number of amides is 2. The molecule has 15 nitrogen and oxygen atoms in total. The number of carbonyl (C=O) groups excluding carboxylic acids is 1. The van der Waals surface area contributed by atoms with Crippen LogP contribution in [0.1, 0.15) is 23.8 Å². The molecule has 2 fully saturated rings. The molecule has 41 heavy (non-hydrogen) atoms. The lowest BCUT2D eigenvalue weighted by Gasteiger charge is -2.30. The summed E-state index contributed by atoms with van der Waals surface area (Å²) in [5.74, 6) is -1.78. The SMILES string of the molecule is C#C[C@@]1(O)[C@@H](COC(Cc2ccc(N3CCCNC3=O)cc2)(C(=O)O)C(=O)O)O[C@@H](n2cc(C)c(=O)[nH]c2=O)[C@@H]1O. The standard InChI is InChI=1S/C26H28N4O11/c1-3-25(39)17(41-20(18(25)31)30-12-14(2)19(32)28-24(30)38)13-40-26(21(33)34,22(35)36)11-15-5-7-16(8-6-15)29-10-4-9-27-23(29)37/h1,5-8,12,17-18,20,31,39H,4,9-11,13H2,2H3,(H,27,37)(H,33,34)(H,35,36)(H,28,32,38)/t17-,18+,20-,25-/m1/s1. The Bertz CT molecular complexity index is 1500. The molecule has 2 aliphatic heterocycles. The second kappa shape index (κ2) is 11.2. The van der Waals surface area contributed by atoms with E-state index < -0.39 is 65.9 Å². The number of aryl methyl sites for hydroxylation is 1. The highest BCUT2D eigenvalue weighted by Gasteiger charge is 2.57. The Morgan fingerprint density at radius 1 is 1.22 bits per heavy atom. The first-order chi connectivity index (χ1) is 19.3. The summed E-state index contributed by atoms with van der Waals surface area (Å²) in [6.45, 7) is 1.48. The number of aliphatic hydroxyl groups excluding tert-OH is 1. The number of nitrogens with zero attached hydrogens (tertiary/aromatic N) is 2. The third kappa shape index (κ3) is 5.33. The maximum absolute atomic E-state index is 12.3. The van der Waals surface area contributed by atoms with Crippen molar-refractivity contribution < 1.29 is 44.3 Å². The fraction of sp³-hybridized carbons (Fsp3) is 0.423. The molecule has 0 unspecified atom stereocenters. The van der Waals surface area contributed by atoms with Crippen LogP contribution in [0.15, 0.2) is 40.1 Å². The van der Waals surface area contributed by atoms with E-state index in [4.69, 9.17) is 15.9 Å². The van der Waals surface area contributed by atoms with Gasteiger partial charge in [0.05, 0.1) is 6.61 Å². The molecule has 0 spiro atoms. The van der Waals surface area contributed by atoms with Crippen LogP contribution in [0, 0.1) is 19.3 Å². The lowest BCUT2D eigenvalue weighted by molar-refractivity contribution is -0.191. The van der Waals surface area contributed by atoms with E-state index in [9.17, 15) is 44.4 Å². The molecular weight excluding hydrogens is 544 g/mol. The molecule has 2 amide bonds. The van der Waals surface area contributed by atoms with E-state index >= 15 is 0 Å². The number of aromatic amines is 1. The number of anilines is 1. The Morgan fingerprint density at radius 2 is 1.88 bits per heavy atom. The van der Waals surface area contributed by atoms with E-state index in [-0.39, 0.29) is 17.2 Å². The summed E-state index contributed by atoms with van der Waals surface area (Å²) in [6, 6.07) is 5.69. The molecular formula is C26H28N4O11. The fourth-order valence-corrected chi connectivity index (χ4v) is 4.68. The second-order valence-electron chi connectivity index (χ2n) is 9.74. The van der Waals surface area contributed by atoms with Gasteiger partial charge in [0.25, 0.3) is 11.2 Å². The number of carboxylic acid groups (broad SMARTS) is 2. The van der Waals surface area contributed by atoms with Crippen molar-refractivity contribution in [3.63, 3.8) is 0 Å². The normalized spacial score (nSPS) is 24.5. The van der Waals surface area contributed by atoms with Crippen molar-refractivity contribution in [2.75, 3.05) is 24.6 Å². The van der Waals surface area contributed by atoms with Crippen molar-refractivity contribution in [1.29, 1.82) is 0 Å². The number of aromatic nitrogens is 2. The minimum Gasteiger partial charge on any atom is -0.479 e. The Balaban J connectivity index is 1.58. The van der Waals surface area contributed by atoms with E-state index in [0.717, 1.165) is 17.2 Å². The number of rotatable bonds is 9. The van der Waals surface area contributed by atoms with Crippen molar-refractivity contribution in [2.24, 2.45) is 0 Å². The molecule has 1 aromatic carbocycles. The van der Waals surface area contributed by atoms with Gasteiger partial charge in [-0.1, -0.05) is 18.1 Å². The van der Waals surface area contributed by atoms with Gasteiger partial charge < -0.3 is 35.2 Å². The van der Waals surface area contributed by atoms with E-state index in [1.165, 1.54) is 36.1 Å². The molecule has 1 aromatic heterocycles. The number of hydrogen-bond acceptors (Lipinski definition) is 9. The summed E-state index contributed by atoms with van der Waals surface area (Å²) in [5.41, 5.74) is -6.25. The predicted octanol–water partition coefficient (Wildman–Crippen LogP) is -1.45. The van der Waals surface area contributed by atoms with Gasteiger partial charge in [0.1, 0.15) is 12.2 Å². The number of ether oxygens (including phenoxy) is 2. The van der Waals surface area contributed by atoms with Crippen LogP contribution in [0.5, 0.6) is 0 Å². The number of urea groups is 1. The summed E-state index contributed by atoms with van der Waals surface area (Å²) < 4.78 is 11.8. The molecule has 0 bridgehead atoms. The summed E-state index contributed by atoms with van der Waals surface area (Å²) in [5, 5.41) is 44.4. The van der Waals surface area contributed by atoms with Crippen molar-refractivity contribution in [2.45, 2.75) is 49.4 Å². The Kier molecular flexibility index (Phi) is 8.04. The first kappa shape index (κ1) is 29.5. The first-order valence-corrected chi connectivity index (χ1v) is 12.4. The Hall–Kier alpha value is -4.49. The number of aliphatic carboxylic acids is 2. The number of hydrogen-bond donors (Lipinski definition) is 6. The first-order valence-electron chi connectivity index (χ1n) is 12.4. The zero-order valence-electron chi connectivity index (χ0n) is 21.8. The topological polar surface area (TPSA) is 221 Å². The van der Waals surface area contributed by atoms with Crippen molar-refractivity contribution >= 4 is 23.7 Å².